The Labute approximate surface area is 65.4 Å². The van der Waals surface area contributed by atoms with Crippen molar-refractivity contribution in [1.82, 2.24) is 4.98 Å². The minimum atomic E-state index is 0.183. The summed E-state index contributed by atoms with van der Waals surface area (Å²) in [5, 5.41) is 0. The first-order valence-corrected chi connectivity index (χ1v) is 3.50. The van der Waals surface area contributed by atoms with Crippen LogP contribution in [-0.2, 0) is 11.3 Å². The molecule has 1 heterocycles. The van der Waals surface area contributed by atoms with Gasteiger partial charge in [0.05, 0.1) is 6.10 Å². The fourth-order valence-corrected chi connectivity index (χ4v) is 0.629. The number of nitrogen functional groups attached to an aromatic ring is 1. The highest BCUT2D eigenvalue weighted by atomic mass is 16.5. The molecule has 0 saturated heterocycles. The first-order chi connectivity index (χ1) is 5.18. The van der Waals surface area contributed by atoms with Gasteiger partial charge in [0.2, 0.25) is 5.89 Å². The molecule has 0 amide bonds. The van der Waals surface area contributed by atoms with E-state index in [1.165, 1.54) is 6.26 Å². The van der Waals surface area contributed by atoms with Crippen molar-refractivity contribution in [2.45, 2.75) is 26.6 Å². The van der Waals surface area contributed by atoms with E-state index in [4.69, 9.17) is 14.9 Å². The van der Waals surface area contributed by atoms with Crippen molar-refractivity contribution < 1.29 is 9.15 Å². The molecule has 0 spiro atoms. The molecule has 4 nitrogen and oxygen atoms in total. The molecule has 0 aromatic carbocycles. The lowest BCUT2D eigenvalue weighted by molar-refractivity contribution is 0.0517. The van der Waals surface area contributed by atoms with Gasteiger partial charge in [-0.25, -0.2) is 0 Å². The molecule has 2 N–H and O–H groups in total. The highest BCUT2D eigenvalue weighted by Crippen LogP contribution is 2.05. The molecule has 0 aliphatic carbocycles. The fourth-order valence-electron chi connectivity index (χ4n) is 0.629. The van der Waals surface area contributed by atoms with E-state index in [1.807, 2.05) is 13.8 Å². The number of oxazole rings is 1. The van der Waals surface area contributed by atoms with E-state index in [-0.39, 0.29) is 6.10 Å². The first kappa shape index (κ1) is 8.07. The molecule has 1 aromatic heterocycles. The number of rotatable bonds is 3. The van der Waals surface area contributed by atoms with Crippen molar-refractivity contribution in [2.75, 3.05) is 5.73 Å². The summed E-state index contributed by atoms with van der Waals surface area (Å²) in [6.07, 6.45) is 1.59. The van der Waals surface area contributed by atoms with Crippen LogP contribution in [0.4, 0.5) is 5.82 Å². The van der Waals surface area contributed by atoms with Crippen molar-refractivity contribution in [3.05, 3.63) is 12.2 Å². The Morgan fingerprint density at radius 2 is 2.45 bits per heavy atom. The molecule has 62 valence electrons. The Morgan fingerprint density at radius 1 is 1.73 bits per heavy atom. The van der Waals surface area contributed by atoms with E-state index < -0.39 is 0 Å². The zero-order chi connectivity index (χ0) is 8.27. The summed E-state index contributed by atoms with van der Waals surface area (Å²) in [7, 11) is 0. The van der Waals surface area contributed by atoms with E-state index in [0.717, 1.165) is 0 Å². The molecule has 1 rings (SSSR count). The smallest absolute Gasteiger partial charge is 0.222 e. The molecule has 11 heavy (non-hydrogen) atoms. The maximum absolute atomic E-state index is 5.32. The van der Waals surface area contributed by atoms with Gasteiger partial charge in [-0.15, -0.1) is 0 Å². The molecule has 0 aliphatic heterocycles. The lowest BCUT2D eigenvalue weighted by atomic mass is 10.5. The molecule has 1 aromatic rings. The van der Waals surface area contributed by atoms with Gasteiger partial charge in [-0.2, -0.15) is 4.98 Å². The summed E-state index contributed by atoms with van der Waals surface area (Å²) in [4.78, 5) is 3.87. The zero-order valence-corrected chi connectivity index (χ0v) is 6.70. The predicted octanol–water partition coefficient (Wildman–Crippen LogP) is 1.18. The van der Waals surface area contributed by atoms with Crippen LogP contribution in [0, 0.1) is 0 Å². The molecule has 0 atom stereocenters. The van der Waals surface area contributed by atoms with Crippen LogP contribution in [0.15, 0.2) is 10.7 Å². The number of nitrogens with two attached hydrogens (primary N) is 1. The zero-order valence-electron chi connectivity index (χ0n) is 6.70. The Kier molecular flexibility index (Phi) is 2.48. The third-order valence-electron chi connectivity index (χ3n) is 1.11. The maximum atomic E-state index is 5.32. The molecule has 0 aliphatic rings. The van der Waals surface area contributed by atoms with Gasteiger partial charge in [-0.05, 0) is 13.8 Å². The average Bonchev–Trinajstić information content (AvgIpc) is 2.31. The number of anilines is 1. The fraction of sp³-hybridized carbons (Fsp3) is 0.571. The third-order valence-corrected chi connectivity index (χ3v) is 1.11. The Balaban J connectivity index is 2.39. The van der Waals surface area contributed by atoms with Gasteiger partial charge < -0.3 is 14.9 Å². The summed E-state index contributed by atoms with van der Waals surface area (Å²) in [6.45, 7) is 4.29. The molecule has 4 heteroatoms. The molecule has 0 fully saturated rings. The van der Waals surface area contributed by atoms with Crippen molar-refractivity contribution in [3.63, 3.8) is 0 Å². The second-order valence-electron chi connectivity index (χ2n) is 2.53. The van der Waals surface area contributed by atoms with Crippen LogP contribution in [0.2, 0.25) is 0 Å². The van der Waals surface area contributed by atoms with Gasteiger partial charge in [-0.3, -0.25) is 0 Å². The largest absolute Gasteiger partial charge is 0.444 e. The molecule has 0 bridgehead atoms. The number of hydrogen-bond donors (Lipinski definition) is 1. The average molecular weight is 156 g/mol. The van der Waals surface area contributed by atoms with E-state index in [9.17, 15) is 0 Å². The SMILES string of the molecule is CC(C)OCc1nc(N)co1. The van der Waals surface area contributed by atoms with Crippen LogP contribution < -0.4 is 5.73 Å². The van der Waals surface area contributed by atoms with Crippen molar-refractivity contribution in [1.29, 1.82) is 0 Å². The normalized spacial score (nSPS) is 10.8. The summed E-state index contributed by atoms with van der Waals surface area (Å²) in [5.41, 5.74) is 5.32. The van der Waals surface area contributed by atoms with Gasteiger partial charge in [-0.1, -0.05) is 0 Å². The van der Waals surface area contributed by atoms with Gasteiger partial charge in [0.25, 0.3) is 0 Å². The van der Waals surface area contributed by atoms with Crippen LogP contribution in [0.3, 0.4) is 0 Å². The quantitative estimate of drug-likeness (QED) is 0.713. The van der Waals surface area contributed by atoms with Crippen molar-refractivity contribution in [3.8, 4) is 0 Å². The molecule has 0 radical (unpaired) electrons. The Hall–Kier alpha value is -1.03. The van der Waals surface area contributed by atoms with E-state index in [1.54, 1.807) is 0 Å². The van der Waals surface area contributed by atoms with Crippen LogP contribution in [0.1, 0.15) is 19.7 Å². The standard InChI is InChI=1S/C7H12N2O2/c1-5(2)10-4-7-9-6(8)3-11-7/h3,5H,4,8H2,1-2H3. The topological polar surface area (TPSA) is 61.3 Å². The van der Waals surface area contributed by atoms with Crippen molar-refractivity contribution >= 4 is 5.82 Å². The van der Waals surface area contributed by atoms with Crippen LogP contribution >= 0.6 is 0 Å². The van der Waals surface area contributed by atoms with E-state index in [0.29, 0.717) is 18.3 Å². The number of nitrogens with zero attached hydrogens (tertiary/aromatic N) is 1. The Bertz CT molecular complexity index is 220. The number of hydrogen-bond acceptors (Lipinski definition) is 4. The van der Waals surface area contributed by atoms with Crippen molar-refractivity contribution in [2.24, 2.45) is 0 Å². The molecular weight excluding hydrogens is 144 g/mol. The third kappa shape index (κ3) is 2.59. The van der Waals surface area contributed by atoms with Gasteiger partial charge in [0, 0.05) is 0 Å². The number of aromatic nitrogens is 1. The Morgan fingerprint density at radius 3 is 2.91 bits per heavy atom. The first-order valence-electron chi connectivity index (χ1n) is 3.50. The number of ether oxygens (including phenoxy) is 1. The van der Waals surface area contributed by atoms with E-state index in [2.05, 4.69) is 4.98 Å². The maximum Gasteiger partial charge on any atom is 0.222 e. The summed E-state index contributed by atoms with van der Waals surface area (Å²) in [5.74, 6) is 0.920. The van der Waals surface area contributed by atoms with Crippen LogP contribution in [0.25, 0.3) is 0 Å². The summed E-state index contributed by atoms with van der Waals surface area (Å²) >= 11 is 0. The van der Waals surface area contributed by atoms with Gasteiger partial charge >= 0.3 is 0 Å². The minimum Gasteiger partial charge on any atom is -0.444 e. The summed E-state index contributed by atoms with van der Waals surface area (Å²) < 4.78 is 10.2. The highest BCUT2D eigenvalue weighted by Gasteiger charge is 2.01. The lowest BCUT2D eigenvalue weighted by Gasteiger charge is -2.02. The second kappa shape index (κ2) is 3.39. The second-order valence-corrected chi connectivity index (χ2v) is 2.53. The lowest BCUT2D eigenvalue weighted by Crippen LogP contribution is -2.02. The van der Waals surface area contributed by atoms with Crippen LogP contribution in [0.5, 0.6) is 0 Å². The highest BCUT2D eigenvalue weighted by molar-refractivity contribution is 5.21. The van der Waals surface area contributed by atoms with E-state index >= 15 is 0 Å². The molecule has 0 saturated carbocycles. The van der Waals surface area contributed by atoms with Gasteiger partial charge in [0.1, 0.15) is 12.9 Å². The van der Waals surface area contributed by atoms with Crippen LogP contribution in [-0.4, -0.2) is 11.1 Å². The monoisotopic (exact) mass is 156 g/mol. The van der Waals surface area contributed by atoms with Gasteiger partial charge in [0.15, 0.2) is 5.82 Å². The minimum absolute atomic E-state index is 0.183. The summed E-state index contributed by atoms with van der Waals surface area (Å²) in [6, 6.07) is 0. The predicted molar refractivity (Wildman–Crippen MR) is 40.8 cm³/mol. The molecular formula is C7H12N2O2. The molecule has 0 unspecified atom stereocenters.